The van der Waals surface area contributed by atoms with Gasteiger partial charge in [0.2, 0.25) is 5.95 Å². The van der Waals surface area contributed by atoms with Crippen LogP contribution in [0.4, 0.5) is 17.3 Å². The lowest BCUT2D eigenvalue weighted by molar-refractivity contribution is 0.139. The van der Waals surface area contributed by atoms with Gasteiger partial charge in [-0.1, -0.05) is 29.8 Å². The molecule has 2 heterocycles. The van der Waals surface area contributed by atoms with Crippen molar-refractivity contribution in [1.29, 1.82) is 0 Å². The van der Waals surface area contributed by atoms with Crippen LogP contribution >= 0.6 is 11.6 Å². The predicted octanol–water partition coefficient (Wildman–Crippen LogP) is 4.77. The average Bonchev–Trinajstić information content (AvgIpc) is 3.17. The standard InChI is InChI=1S/C21H24ClN5O.H2/c1-28-14-16-7-9-26(10-8-16)20-12-17(22)11-18(13-20)24-21-23-15-27(25-21)19-5-3-2-4-6-19;/h2-6,11-13,15-16H,7-10,14H2,1H3,(H,24,25);1H. The molecule has 1 N–H and O–H groups in total. The fourth-order valence-corrected chi connectivity index (χ4v) is 3.81. The molecule has 0 bridgehead atoms. The van der Waals surface area contributed by atoms with Gasteiger partial charge >= 0.3 is 0 Å². The van der Waals surface area contributed by atoms with Crippen molar-refractivity contribution in [3.63, 3.8) is 0 Å². The average molecular weight is 400 g/mol. The van der Waals surface area contributed by atoms with Crippen LogP contribution in [0.5, 0.6) is 0 Å². The van der Waals surface area contributed by atoms with E-state index < -0.39 is 0 Å². The number of halogens is 1. The molecule has 28 heavy (non-hydrogen) atoms. The Balaban J connectivity index is 0.00000240. The van der Waals surface area contributed by atoms with Crippen LogP contribution in [0.3, 0.4) is 0 Å². The maximum absolute atomic E-state index is 6.38. The Labute approximate surface area is 171 Å². The molecule has 1 aliphatic heterocycles. The van der Waals surface area contributed by atoms with Gasteiger partial charge < -0.3 is 15.0 Å². The topological polar surface area (TPSA) is 55.2 Å². The molecule has 0 spiro atoms. The van der Waals surface area contributed by atoms with Gasteiger partial charge in [0, 0.05) is 44.6 Å². The van der Waals surface area contributed by atoms with E-state index in [0.717, 1.165) is 49.6 Å². The molecule has 148 valence electrons. The number of para-hydroxylation sites is 1. The van der Waals surface area contributed by atoms with Crippen molar-refractivity contribution in [3.05, 3.63) is 59.9 Å². The molecule has 1 saturated heterocycles. The number of aromatic nitrogens is 3. The Morgan fingerprint density at radius 2 is 1.93 bits per heavy atom. The van der Waals surface area contributed by atoms with Crippen LogP contribution in [0.25, 0.3) is 5.69 Å². The molecule has 4 rings (SSSR count). The Kier molecular flexibility index (Phi) is 5.78. The minimum atomic E-state index is 0. The summed E-state index contributed by atoms with van der Waals surface area (Å²) in [6.45, 7) is 2.86. The highest BCUT2D eigenvalue weighted by atomic mass is 35.5. The molecule has 0 radical (unpaired) electrons. The van der Waals surface area contributed by atoms with Gasteiger partial charge in [-0.25, -0.2) is 4.68 Å². The second-order valence-electron chi connectivity index (χ2n) is 7.06. The summed E-state index contributed by atoms with van der Waals surface area (Å²) in [7, 11) is 1.77. The first-order chi connectivity index (χ1) is 13.7. The molecule has 0 aliphatic carbocycles. The molecule has 0 unspecified atom stereocenters. The lowest BCUT2D eigenvalue weighted by Gasteiger charge is -2.33. The summed E-state index contributed by atoms with van der Waals surface area (Å²) in [4.78, 5) is 6.73. The second kappa shape index (κ2) is 8.63. The van der Waals surface area contributed by atoms with E-state index in [-0.39, 0.29) is 1.43 Å². The zero-order valence-corrected chi connectivity index (χ0v) is 16.6. The highest BCUT2D eigenvalue weighted by Gasteiger charge is 2.20. The van der Waals surface area contributed by atoms with Crippen molar-refractivity contribution in [1.82, 2.24) is 14.8 Å². The smallest absolute Gasteiger partial charge is 0.246 e. The molecule has 3 aromatic rings. The molecule has 0 saturated carbocycles. The Morgan fingerprint density at radius 3 is 2.68 bits per heavy atom. The molecular formula is C21H26ClN5O. The van der Waals surface area contributed by atoms with E-state index in [2.05, 4.69) is 26.4 Å². The van der Waals surface area contributed by atoms with Crippen molar-refractivity contribution >= 4 is 28.9 Å². The SMILES string of the molecule is COCC1CCN(c2cc(Cl)cc(Nc3ncn(-c4ccccc4)n3)c2)CC1.[HH]. The highest BCUT2D eigenvalue weighted by molar-refractivity contribution is 6.31. The van der Waals surface area contributed by atoms with Gasteiger partial charge in [0.25, 0.3) is 0 Å². The third-order valence-electron chi connectivity index (χ3n) is 5.03. The first-order valence-electron chi connectivity index (χ1n) is 9.50. The van der Waals surface area contributed by atoms with Gasteiger partial charge in [0.05, 0.1) is 5.69 Å². The zero-order valence-electron chi connectivity index (χ0n) is 15.9. The van der Waals surface area contributed by atoms with Crippen molar-refractivity contribution in [2.24, 2.45) is 5.92 Å². The number of ether oxygens (including phenoxy) is 1. The number of nitrogens with one attached hydrogen (secondary N) is 1. The maximum atomic E-state index is 6.38. The molecule has 1 aliphatic rings. The Bertz CT molecular complexity index is 912. The minimum absolute atomic E-state index is 0. The van der Waals surface area contributed by atoms with Crippen LogP contribution in [0.2, 0.25) is 5.02 Å². The lowest BCUT2D eigenvalue weighted by atomic mass is 9.97. The first kappa shape index (κ1) is 18.8. The molecule has 1 fully saturated rings. The summed E-state index contributed by atoms with van der Waals surface area (Å²) in [5.74, 6) is 1.18. The van der Waals surface area contributed by atoms with Gasteiger partial charge in [-0.2, -0.15) is 4.98 Å². The number of benzene rings is 2. The number of hydrogen-bond donors (Lipinski definition) is 1. The Hall–Kier alpha value is -2.57. The molecule has 7 heteroatoms. The predicted molar refractivity (Wildman–Crippen MR) is 115 cm³/mol. The maximum Gasteiger partial charge on any atom is 0.246 e. The third-order valence-corrected chi connectivity index (χ3v) is 5.25. The molecule has 6 nitrogen and oxygen atoms in total. The molecule has 0 amide bonds. The van der Waals surface area contributed by atoms with Gasteiger partial charge in [0.1, 0.15) is 6.33 Å². The van der Waals surface area contributed by atoms with E-state index in [4.69, 9.17) is 16.3 Å². The summed E-state index contributed by atoms with van der Waals surface area (Å²) < 4.78 is 7.04. The van der Waals surface area contributed by atoms with Crippen LogP contribution in [0, 0.1) is 5.92 Å². The fraction of sp³-hybridized carbons (Fsp3) is 0.333. The van der Waals surface area contributed by atoms with Crippen molar-refractivity contribution in [2.45, 2.75) is 12.8 Å². The molecular weight excluding hydrogens is 374 g/mol. The molecule has 0 atom stereocenters. The van der Waals surface area contributed by atoms with Gasteiger partial charge in [-0.3, -0.25) is 0 Å². The largest absolute Gasteiger partial charge is 0.384 e. The fourth-order valence-electron chi connectivity index (χ4n) is 3.58. The van der Waals surface area contributed by atoms with Crippen molar-refractivity contribution in [2.75, 3.05) is 37.0 Å². The number of hydrogen-bond acceptors (Lipinski definition) is 5. The number of anilines is 3. The van der Waals surface area contributed by atoms with Gasteiger partial charge in [0.15, 0.2) is 0 Å². The monoisotopic (exact) mass is 399 g/mol. The van der Waals surface area contributed by atoms with E-state index in [9.17, 15) is 0 Å². The molecule has 2 aromatic carbocycles. The van der Waals surface area contributed by atoms with Crippen LogP contribution in [-0.2, 0) is 4.74 Å². The Morgan fingerprint density at radius 1 is 1.14 bits per heavy atom. The van der Waals surface area contributed by atoms with Crippen LogP contribution < -0.4 is 10.2 Å². The third kappa shape index (κ3) is 4.46. The summed E-state index contributed by atoms with van der Waals surface area (Å²) in [6.07, 6.45) is 3.96. The first-order valence-corrected chi connectivity index (χ1v) is 9.87. The number of piperidine rings is 1. The highest BCUT2D eigenvalue weighted by Crippen LogP contribution is 2.30. The van der Waals surface area contributed by atoms with E-state index in [1.165, 1.54) is 0 Å². The number of rotatable bonds is 6. The van der Waals surface area contributed by atoms with Crippen LogP contribution in [0.15, 0.2) is 54.9 Å². The normalized spacial score (nSPS) is 15.0. The van der Waals surface area contributed by atoms with Crippen LogP contribution in [0.1, 0.15) is 14.3 Å². The van der Waals surface area contributed by atoms with E-state index in [1.54, 1.807) is 18.1 Å². The second-order valence-corrected chi connectivity index (χ2v) is 7.49. The zero-order chi connectivity index (χ0) is 19.3. The van der Waals surface area contributed by atoms with E-state index >= 15 is 0 Å². The summed E-state index contributed by atoms with van der Waals surface area (Å²) >= 11 is 6.38. The van der Waals surface area contributed by atoms with Gasteiger partial charge in [-0.05, 0) is 49.1 Å². The summed E-state index contributed by atoms with van der Waals surface area (Å²) in [5, 5.41) is 8.47. The molecule has 1 aromatic heterocycles. The summed E-state index contributed by atoms with van der Waals surface area (Å²) in [5.41, 5.74) is 2.97. The van der Waals surface area contributed by atoms with Crippen molar-refractivity contribution in [3.8, 4) is 5.69 Å². The van der Waals surface area contributed by atoms with Crippen molar-refractivity contribution < 1.29 is 6.16 Å². The number of methoxy groups -OCH3 is 1. The minimum Gasteiger partial charge on any atom is -0.384 e. The summed E-state index contributed by atoms with van der Waals surface area (Å²) in [6, 6.07) is 15.9. The van der Waals surface area contributed by atoms with E-state index in [0.29, 0.717) is 16.9 Å². The quantitative estimate of drug-likeness (QED) is 0.646. The van der Waals surface area contributed by atoms with E-state index in [1.807, 2.05) is 42.5 Å². The number of nitrogens with zero attached hydrogens (tertiary/aromatic N) is 4. The van der Waals surface area contributed by atoms with Crippen LogP contribution in [-0.4, -0.2) is 41.6 Å². The van der Waals surface area contributed by atoms with Gasteiger partial charge in [-0.15, -0.1) is 5.10 Å². The lowest BCUT2D eigenvalue weighted by Crippen LogP contribution is -2.35.